The first-order chi connectivity index (χ1) is 13.6. The first-order valence-electron chi connectivity index (χ1n) is 9.82. The molecule has 0 spiro atoms. The summed E-state index contributed by atoms with van der Waals surface area (Å²) in [6.45, 7) is 6.31. The first-order valence-corrected chi connectivity index (χ1v) is 9.82. The number of hydrogen-bond donors (Lipinski definition) is 1. The molecular weight excluding hydrogens is 363 g/mol. The number of hydrogen-bond acceptors (Lipinski definition) is 5. The summed E-state index contributed by atoms with van der Waals surface area (Å²) in [6.07, 6.45) is 0.172. The molecule has 0 saturated carbocycles. The standard InChI is InChI=1S/C20H29FN4O3/c1-28-13-12-23-8-10-24(11-9-23)19(26)14-18-20(27)22-6-7-25(18)15-16-2-4-17(21)5-3-16/h2-5,18H,6-15H2,1H3,(H,22,27)/t18-/m1/s1. The smallest absolute Gasteiger partial charge is 0.237 e. The number of halogens is 1. The Morgan fingerprint density at radius 3 is 2.57 bits per heavy atom. The van der Waals surface area contributed by atoms with Crippen LogP contribution in [-0.2, 0) is 20.9 Å². The predicted octanol–water partition coefficient (Wildman–Crippen LogP) is 0.307. The number of carbonyl (C=O) groups is 2. The van der Waals surface area contributed by atoms with Gasteiger partial charge in [0, 0.05) is 59.5 Å². The summed E-state index contributed by atoms with van der Waals surface area (Å²) in [4.78, 5) is 31.4. The fraction of sp³-hybridized carbons (Fsp3) is 0.600. The van der Waals surface area contributed by atoms with E-state index in [1.165, 1.54) is 12.1 Å². The molecule has 1 aromatic rings. The predicted molar refractivity (Wildman–Crippen MR) is 103 cm³/mol. The van der Waals surface area contributed by atoms with E-state index >= 15 is 0 Å². The van der Waals surface area contributed by atoms with E-state index in [4.69, 9.17) is 4.74 Å². The Morgan fingerprint density at radius 2 is 1.89 bits per heavy atom. The van der Waals surface area contributed by atoms with Gasteiger partial charge >= 0.3 is 0 Å². The molecule has 154 valence electrons. The quantitative estimate of drug-likeness (QED) is 0.724. The number of piperazine rings is 2. The van der Waals surface area contributed by atoms with Gasteiger partial charge in [-0.3, -0.25) is 19.4 Å². The molecule has 2 amide bonds. The number of nitrogens with zero attached hydrogens (tertiary/aromatic N) is 3. The summed E-state index contributed by atoms with van der Waals surface area (Å²) in [5.41, 5.74) is 0.931. The molecule has 2 aliphatic heterocycles. The number of nitrogens with one attached hydrogen (secondary N) is 1. The maximum absolute atomic E-state index is 13.1. The van der Waals surface area contributed by atoms with Gasteiger partial charge < -0.3 is 15.0 Å². The molecular formula is C20H29FN4O3. The monoisotopic (exact) mass is 392 g/mol. The summed E-state index contributed by atoms with van der Waals surface area (Å²) in [7, 11) is 1.69. The molecule has 2 aliphatic rings. The van der Waals surface area contributed by atoms with Crippen LogP contribution in [-0.4, -0.2) is 92.1 Å². The molecule has 8 heteroatoms. The molecule has 0 radical (unpaired) electrons. The Hall–Kier alpha value is -2.03. The zero-order valence-electron chi connectivity index (χ0n) is 16.4. The number of rotatable bonds is 7. The van der Waals surface area contributed by atoms with Gasteiger partial charge in [0.2, 0.25) is 11.8 Å². The van der Waals surface area contributed by atoms with Crippen molar-refractivity contribution in [3.63, 3.8) is 0 Å². The lowest BCUT2D eigenvalue weighted by Gasteiger charge is -2.38. The summed E-state index contributed by atoms with van der Waals surface area (Å²) < 4.78 is 18.2. The number of benzene rings is 1. The molecule has 28 heavy (non-hydrogen) atoms. The van der Waals surface area contributed by atoms with Crippen molar-refractivity contribution in [1.82, 2.24) is 20.0 Å². The highest BCUT2D eigenvalue weighted by atomic mass is 19.1. The van der Waals surface area contributed by atoms with Gasteiger partial charge in [0.25, 0.3) is 0 Å². The maximum Gasteiger partial charge on any atom is 0.237 e. The summed E-state index contributed by atoms with van der Waals surface area (Å²) in [5, 5.41) is 2.86. The van der Waals surface area contributed by atoms with E-state index in [0.717, 1.165) is 25.2 Å². The minimum absolute atomic E-state index is 0.0116. The van der Waals surface area contributed by atoms with Crippen molar-refractivity contribution in [3.8, 4) is 0 Å². The SMILES string of the molecule is COCCN1CCN(C(=O)C[C@@H]2C(=O)NCCN2Cc2ccc(F)cc2)CC1. The van der Waals surface area contributed by atoms with Crippen molar-refractivity contribution < 1.29 is 18.7 Å². The second-order valence-corrected chi connectivity index (χ2v) is 7.32. The van der Waals surface area contributed by atoms with Crippen molar-refractivity contribution in [1.29, 1.82) is 0 Å². The van der Waals surface area contributed by atoms with Crippen LogP contribution in [0.5, 0.6) is 0 Å². The largest absolute Gasteiger partial charge is 0.383 e. The Balaban J connectivity index is 1.56. The number of amides is 2. The second-order valence-electron chi connectivity index (χ2n) is 7.32. The lowest BCUT2D eigenvalue weighted by molar-refractivity contribution is -0.140. The van der Waals surface area contributed by atoms with Crippen LogP contribution in [0.25, 0.3) is 0 Å². The van der Waals surface area contributed by atoms with Crippen molar-refractivity contribution in [2.45, 2.75) is 19.0 Å². The fourth-order valence-electron chi connectivity index (χ4n) is 3.73. The average molecular weight is 392 g/mol. The Bertz CT molecular complexity index is 662. The normalized spacial score (nSPS) is 21.6. The minimum Gasteiger partial charge on any atom is -0.383 e. The van der Waals surface area contributed by atoms with Gasteiger partial charge in [-0.05, 0) is 17.7 Å². The summed E-state index contributed by atoms with van der Waals surface area (Å²) in [6, 6.07) is 5.79. The van der Waals surface area contributed by atoms with Gasteiger partial charge in [0.1, 0.15) is 5.82 Å². The molecule has 3 rings (SSSR count). The van der Waals surface area contributed by atoms with Crippen LogP contribution in [0.2, 0.25) is 0 Å². The van der Waals surface area contributed by atoms with E-state index in [0.29, 0.717) is 39.3 Å². The van der Waals surface area contributed by atoms with Crippen LogP contribution < -0.4 is 5.32 Å². The topological polar surface area (TPSA) is 65.1 Å². The molecule has 0 aliphatic carbocycles. The molecule has 0 aromatic heterocycles. The fourth-order valence-corrected chi connectivity index (χ4v) is 3.73. The van der Waals surface area contributed by atoms with E-state index in [1.54, 1.807) is 19.2 Å². The zero-order chi connectivity index (χ0) is 19.9. The van der Waals surface area contributed by atoms with Crippen molar-refractivity contribution in [2.24, 2.45) is 0 Å². The molecule has 7 nitrogen and oxygen atoms in total. The number of methoxy groups -OCH3 is 1. The molecule has 0 unspecified atom stereocenters. The van der Waals surface area contributed by atoms with E-state index in [9.17, 15) is 14.0 Å². The van der Waals surface area contributed by atoms with Gasteiger partial charge in [0.15, 0.2) is 0 Å². The zero-order valence-corrected chi connectivity index (χ0v) is 16.4. The van der Waals surface area contributed by atoms with Gasteiger partial charge in [-0.1, -0.05) is 12.1 Å². The Kier molecular flexibility index (Phi) is 7.36. The third kappa shape index (κ3) is 5.50. The van der Waals surface area contributed by atoms with Crippen LogP contribution in [0, 0.1) is 5.82 Å². The number of ether oxygens (including phenoxy) is 1. The molecule has 1 atom stereocenters. The maximum atomic E-state index is 13.1. The molecule has 1 aromatic carbocycles. The van der Waals surface area contributed by atoms with E-state index in [-0.39, 0.29) is 24.1 Å². The van der Waals surface area contributed by atoms with Crippen molar-refractivity contribution >= 4 is 11.8 Å². The van der Waals surface area contributed by atoms with Crippen LogP contribution in [0.4, 0.5) is 4.39 Å². The van der Waals surface area contributed by atoms with E-state index < -0.39 is 6.04 Å². The highest BCUT2D eigenvalue weighted by Gasteiger charge is 2.33. The lowest BCUT2D eigenvalue weighted by Crippen LogP contribution is -2.57. The molecule has 2 fully saturated rings. The van der Waals surface area contributed by atoms with Crippen LogP contribution in [0.1, 0.15) is 12.0 Å². The van der Waals surface area contributed by atoms with Gasteiger partial charge in [-0.2, -0.15) is 0 Å². The minimum atomic E-state index is -0.488. The van der Waals surface area contributed by atoms with Gasteiger partial charge in [-0.15, -0.1) is 0 Å². The Morgan fingerprint density at radius 1 is 1.18 bits per heavy atom. The van der Waals surface area contributed by atoms with Gasteiger partial charge in [0.05, 0.1) is 19.1 Å². The van der Waals surface area contributed by atoms with Crippen LogP contribution in [0.3, 0.4) is 0 Å². The number of carbonyl (C=O) groups excluding carboxylic acids is 2. The highest BCUT2D eigenvalue weighted by Crippen LogP contribution is 2.16. The van der Waals surface area contributed by atoms with Crippen molar-refractivity contribution in [2.75, 3.05) is 59.5 Å². The molecule has 2 heterocycles. The first kappa shape index (κ1) is 20.7. The van der Waals surface area contributed by atoms with Crippen LogP contribution in [0.15, 0.2) is 24.3 Å². The molecule has 2 saturated heterocycles. The third-order valence-electron chi connectivity index (χ3n) is 5.45. The second kappa shape index (κ2) is 9.95. The van der Waals surface area contributed by atoms with E-state index in [1.807, 2.05) is 9.80 Å². The molecule has 0 bridgehead atoms. The summed E-state index contributed by atoms with van der Waals surface area (Å²) >= 11 is 0. The summed E-state index contributed by atoms with van der Waals surface area (Å²) in [5.74, 6) is -0.380. The lowest BCUT2D eigenvalue weighted by atomic mass is 10.1. The molecule has 1 N–H and O–H groups in total. The highest BCUT2D eigenvalue weighted by molar-refractivity contribution is 5.88. The van der Waals surface area contributed by atoms with Crippen LogP contribution >= 0.6 is 0 Å². The third-order valence-corrected chi connectivity index (χ3v) is 5.45. The van der Waals surface area contributed by atoms with E-state index in [2.05, 4.69) is 10.2 Å². The van der Waals surface area contributed by atoms with Crippen molar-refractivity contribution in [3.05, 3.63) is 35.6 Å². The Labute approximate surface area is 165 Å². The average Bonchev–Trinajstić information content (AvgIpc) is 2.71. The van der Waals surface area contributed by atoms with Gasteiger partial charge in [-0.25, -0.2) is 4.39 Å².